The van der Waals surface area contributed by atoms with E-state index in [0.717, 1.165) is 5.56 Å². The van der Waals surface area contributed by atoms with Crippen molar-refractivity contribution in [3.8, 4) is 0 Å². The number of hydrogen-bond acceptors (Lipinski definition) is 3. The number of nitrogens with one attached hydrogen (secondary N) is 1. The van der Waals surface area contributed by atoms with Crippen LogP contribution in [0.1, 0.15) is 15.9 Å². The molecule has 82 valence electrons. The van der Waals surface area contributed by atoms with Gasteiger partial charge in [-0.1, -0.05) is 6.07 Å². The molecule has 1 N–H and O–H groups in total. The van der Waals surface area contributed by atoms with E-state index in [9.17, 15) is 4.79 Å². The molecule has 0 aliphatic rings. The zero-order chi connectivity index (χ0) is 11.5. The second-order valence-electron chi connectivity index (χ2n) is 3.31. The van der Waals surface area contributed by atoms with Gasteiger partial charge in [0.25, 0.3) is 5.91 Å². The van der Waals surface area contributed by atoms with E-state index >= 15 is 0 Å². The highest BCUT2D eigenvalue weighted by Crippen LogP contribution is 2.15. The Kier molecular flexibility index (Phi) is 3.05. The van der Waals surface area contributed by atoms with Gasteiger partial charge in [0.05, 0.1) is 5.56 Å². The molecule has 0 aliphatic heterocycles. The van der Waals surface area contributed by atoms with E-state index in [1.54, 1.807) is 18.3 Å². The summed E-state index contributed by atoms with van der Waals surface area (Å²) in [6, 6.07) is 5.24. The molecule has 0 bridgehead atoms. The maximum Gasteiger partial charge on any atom is 0.260 e. The van der Waals surface area contributed by atoms with E-state index in [4.69, 9.17) is 4.42 Å². The van der Waals surface area contributed by atoms with Crippen LogP contribution < -0.4 is 5.32 Å². The quantitative estimate of drug-likeness (QED) is 0.920. The van der Waals surface area contributed by atoms with Crippen molar-refractivity contribution < 1.29 is 9.21 Å². The van der Waals surface area contributed by atoms with Crippen molar-refractivity contribution in [3.63, 3.8) is 0 Å². The number of halogens is 1. The van der Waals surface area contributed by atoms with Gasteiger partial charge in [0, 0.05) is 12.3 Å². The molecule has 2 heterocycles. The SMILES string of the molecule is Cc1ccc(NC(=O)c2coc(Br)c2)nc1. The Morgan fingerprint density at radius 1 is 1.50 bits per heavy atom. The summed E-state index contributed by atoms with van der Waals surface area (Å²) in [5.41, 5.74) is 1.50. The molecule has 2 aromatic heterocycles. The first-order chi connectivity index (χ1) is 7.65. The number of amides is 1. The van der Waals surface area contributed by atoms with E-state index in [-0.39, 0.29) is 5.91 Å². The zero-order valence-electron chi connectivity index (χ0n) is 8.53. The summed E-state index contributed by atoms with van der Waals surface area (Å²) in [6.45, 7) is 1.94. The summed E-state index contributed by atoms with van der Waals surface area (Å²) in [6.07, 6.45) is 3.08. The smallest absolute Gasteiger partial charge is 0.260 e. The predicted octanol–water partition coefficient (Wildman–Crippen LogP) is 3.00. The van der Waals surface area contributed by atoms with Gasteiger partial charge < -0.3 is 9.73 Å². The van der Waals surface area contributed by atoms with Gasteiger partial charge in [0.2, 0.25) is 0 Å². The number of aromatic nitrogens is 1. The van der Waals surface area contributed by atoms with Crippen LogP contribution in [-0.4, -0.2) is 10.9 Å². The lowest BCUT2D eigenvalue weighted by Gasteiger charge is -2.01. The van der Waals surface area contributed by atoms with Crippen LogP contribution in [0.4, 0.5) is 5.82 Å². The van der Waals surface area contributed by atoms with Crippen LogP contribution >= 0.6 is 15.9 Å². The molecule has 0 spiro atoms. The number of aryl methyl sites for hydroxylation is 1. The Balaban J connectivity index is 2.10. The van der Waals surface area contributed by atoms with Gasteiger partial charge in [0.15, 0.2) is 4.67 Å². The standard InChI is InChI=1S/C11H9BrN2O2/c1-7-2-3-10(13-5-7)14-11(15)8-4-9(12)16-6-8/h2-6H,1H3,(H,13,14,15). The molecule has 0 radical (unpaired) electrons. The van der Waals surface area contributed by atoms with Gasteiger partial charge in [-0.05, 0) is 34.5 Å². The molecule has 5 heteroatoms. The second-order valence-corrected chi connectivity index (χ2v) is 4.10. The number of carbonyl (C=O) groups is 1. The summed E-state index contributed by atoms with van der Waals surface area (Å²) in [5, 5.41) is 2.67. The minimum absolute atomic E-state index is 0.245. The third-order valence-electron chi connectivity index (χ3n) is 1.98. The van der Waals surface area contributed by atoms with Crippen molar-refractivity contribution in [1.82, 2.24) is 4.98 Å². The summed E-state index contributed by atoms with van der Waals surface area (Å²) in [4.78, 5) is 15.8. The average Bonchev–Trinajstić information content (AvgIpc) is 2.68. The predicted molar refractivity (Wildman–Crippen MR) is 63.3 cm³/mol. The molecule has 16 heavy (non-hydrogen) atoms. The molecule has 0 saturated heterocycles. The van der Waals surface area contributed by atoms with Crippen molar-refractivity contribution in [1.29, 1.82) is 0 Å². The lowest BCUT2D eigenvalue weighted by molar-refractivity contribution is 0.102. The van der Waals surface area contributed by atoms with E-state index in [1.807, 2.05) is 13.0 Å². The Labute approximate surface area is 101 Å². The third-order valence-corrected chi connectivity index (χ3v) is 2.40. The summed E-state index contributed by atoms with van der Waals surface area (Å²) in [7, 11) is 0. The molecule has 1 amide bonds. The van der Waals surface area contributed by atoms with Crippen molar-refractivity contribution >= 4 is 27.7 Å². The number of pyridine rings is 1. The van der Waals surface area contributed by atoms with Gasteiger partial charge in [0.1, 0.15) is 12.1 Å². The van der Waals surface area contributed by atoms with E-state index in [0.29, 0.717) is 16.1 Å². The number of furan rings is 1. The summed E-state index contributed by atoms with van der Waals surface area (Å²) < 4.78 is 5.50. The number of carbonyl (C=O) groups excluding carboxylic acids is 1. The van der Waals surface area contributed by atoms with Crippen LogP contribution in [0.3, 0.4) is 0 Å². The van der Waals surface area contributed by atoms with Crippen LogP contribution in [-0.2, 0) is 0 Å². The van der Waals surface area contributed by atoms with Crippen LogP contribution in [0.25, 0.3) is 0 Å². The van der Waals surface area contributed by atoms with Crippen molar-refractivity contribution in [2.24, 2.45) is 0 Å². The average molecular weight is 281 g/mol. The Bertz CT molecular complexity index is 505. The van der Waals surface area contributed by atoms with Gasteiger partial charge in [-0.2, -0.15) is 0 Å². The molecule has 2 rings (SSSR count). The number of nitrogens with zero attached hydrogens (tertiary/aromatic N) is 1. The van der Waals surface area contributed by atoms with Gasteiger partial charge >= 0.3 is 0 Å². The molecule has 0 fully saturated rings. The first kappa shape index (κ1) is 10.9. The van der Waals surface area contributed by atoms with E-state index < -0.39 is 0 Å². The summed E-state index contributed by atoms with van der Waals surface area (Å²) in [5.74, 6) is 0.277. The fourth-order valence-electron chi connectivity index (χ4n) is 1.16. The first-order valence-electron chi connectivity index (χ1n) is 4.63. The zero-order valence-corrected chi connectivity index (χ0v) is 10.1. The van der Waals surface area contributed by atoms with Gasteiger partial charge in [-0.3, -0.25) is 4.79 Å². The van der Waals surface area contributed by atoms with Crippen molar-refractivity contribution in [3.05, 3.63) is 46.5 Å². The lowest BCUT2D eigenvalue weighted by Crippen LogP contribution is -2.11. The second kappa shape index (κ2) is 4.49. The van der Waals surface area contributed by atoms with E-state index in [2.05, 4.69) is 26.2 Å². The highest BCUT2D eigenvalue weighted by atomic mass is 79.9. The normalized spacial score (nSPS) is 10.1. The highest BCUT2D eigenvalue weighted by molar-refractivity contribution is 9.10. The number of rotatable bonds is 2. The maximum atomic E-state index is 11.7. The molecule has 0 unspecified atom stereocenters. The van der Waals surface area contributed by atoms with Gasteiger partial charge in [-0.15, -0.1) is 0 Å². The molecule has 2 aromatic rings. The van der Waals surface area contributed by atoms with Crippen LogP contribution in [0.5, 0.6) is 0 Å². The molecule has 0 aliphatic carbocycles. The largest absolute Gasteiger partial charge is 0.457 e. The minimum Gasteiger partial charge on any atom is -0.457 e. The maximum absolute atomic E-state index is 11.7. The summed E-state index contributed by atoms with van der Waals surface area (Å²) >= 11 is 3.13. The van der Waals surface area contributed by atoms with Crippen molar-refractivity contribution in [2.45, 2.75) is 6.92 Å². The molecule has 0 saturated carbocycles. The number of anilines is 1. The monoisotopic (exact) mass is 280 g/mol. The minimum atomic E-state index is -0.245. The number of hydrogen-bond donors (Lipinski definition) is 1. The fourth-order valence-corrected chi connectivity index (χ4v) is 1.50. The van der Waals surface area contributed by atoms with Crippen molar-refractivity contribution in [2.75, 3.05) is 5.32 Å². The van der Waals surface area contributed by atoms with Gasteiger partial charge in [-0.25, -0.2) is 4.98 Å². The Morgan fingerprint density at radius 3 is 2.88 bits per heavy atom. The molecule has 0 atom stereocenters. The van der Waals surface area contributed by atoms with Crippen LogP contribution in [0.15, 0.2) is 39.7 Å². The molecular weight excluding hydrogens is 272 g/mol. The first-order valence-corrected chi connectivity index (χ1v) is 5.42. The third kappa shape index (κ3) is 2.49. The van der Waals surface area contributed by atoms with Crippen LogP contribution in [0.2, 0.25) is 0 Å². The molecular formula is C11H9BrN2O2. The van der Waals surface area contributed by atoms with Crippen LogP contribution in [0, 0.1) is 6.92 Å². The highest BCUT2D eigenvalue weighted by Gasteiger charge is 2.09. The lowest BCUT2D eigenvalue weighted by atomic mass is 10.3. The molecule has 4 nitrogen and oxygen atoms in total. The molecule has 0 aromatic carbocycles. The topological polar surface area (TPSA) is 55.1 Å². The van der Waals surface area contributed by atoms with E-state index in [1.165, 1.54) is 6.26 Å². The Morgan fingerprint density at radius 2 is 2.31 bits per heavy atom. The fraction of sp³-hybridized carbons (Fsp3) is 0.0909. The Hall–Kier alpha value is -1.62.